The number of aryl methyl sites for hydroxylation is 3. The summed E-state index contributed by atoms with van der Waals surface area (Å²) in [7, 11) is 1.54. The molecule has 0 aliphatic heterocycles. The van der Waals surface area contributed by atoms with E-state index in [4.69, 9.17) is 9.78 Å². The number of hydrogen-bond donors (Lipinski definition) is 1. The minimum atomic E-state index is -0.298. The van der Waals surface area contributed by atoms with Crippen molar-refractivity contribution in [1.29, 1.82) is 0 Å². The molecule has 0 bridgehead atoms. The smallest absolute Gasteiger partial charge is 0.0862 e. The van der Waals surface area contributed by atoms with Gasteiger partial charge in [-0.3, -0.25) is 0 Å². The fourth-order valence-corrected chi connectivity index (χ4v) is 5.65. The van der Waals surface area contributed by atoms with Gasteiger partial charge in [-0.2, -0.15) is 0 Å². The quantitative estimate of drug-likeness (QED) is 0.149. The first kappa shape index (κ1) is 30.1. The van der Waals surface area contributed by atoms with E-state index < -0.39 is 0 Å². The highest BCUT2D eigenvalue weighted by Gasteiger charge is 2.31. The number of rotatable bonds is 12. The van der Waals surface area contributed by atoms with Gasteiger partial charge in [0, 0.05) is 5.41 Å². The topological polar surface area (TPSA) is 38.7 Å². The summed E-state index contributed by atoms with van der Waals surface area (Å²) >= 11 is 0. The van der Waals surface area contributed by atoms with Crippen molar-refractivity contribution in [1.82, 2.24) is 0 Å². The van der Waals surface area contributed by atoms with Gasteiger partial charge in [0.25, 0.3) is 0 Å². The fourth-order valence-electron chi connectivity index (χ4n) is 5.65. The summed E-state index contributed by atoms with van der Waals surface area (Å²) < 4.78 is 0. The van der Waals surface area contributed by atoms with E-state index >= 15 is 0 Å². The van der Waals surface area contributed by atoms with Crippen molar-refractivity contribution in [2.75, 3.05) is 13.7 Å². The van der Waals surface area contributed by atoms with Crippen LogP contribution in [0.2, 0.25) is 0 Å². The average molecular weight is 517 g/mol. The molecule has 3 rings (SSSR count). The highest BCUT2D eigenvalue weighted by molar-refractivity contribution is 5.69. The highest BCUT2D eigenvalue weighted by Crippen LogP contribution is 2.41. The molecular formula is C35H48O3. The van der Waals surface area contributed by atoms with Gasteiger partial charge in [-0.25, -0.2) is 9.78 Å². The number of aliphatic hydroxyl groups is 1. The molecule has 38 heavy (non-hydrogen) atoms. The SMILES string of the molecule is CCC(CC)(c1ccc(CCC(O)C(C)(C)C)c(C)c1)c1ccc(-c2cccc(CCOOC)c2)c(C)c1. The Morgan fingerprint density at radius 3 is 2.05 bits per heavy atom. The lowest BCUT2D eigenvalue weighted by Gasteiger charge is -2.34. The molecule has 1 unspecified atom stereocenters. The third-order valence-corrected chi connectivity index (χ3v) is 8.40. The maximum absolute atomic E-state index is 10.5. The Bertz CT molecular complexity index is 1180. The van der Waals surface area contributed by atoms with Crippen molar-refractivity contribution < 1.29 is 14.9 Å². The standard InChI is InChI=1S/C35H48O3/c1-9-35(10-2,30-16-14-28(25(3)22-30)15-19-33(36)34(5,6)7)31-17-18-32(26(4)23-31)29-13-11-12-27(24-29)20-21-38-37-8/h11-14,16-18,22-24,33,36H,9-10,15,19-21H2,1-8H3. The van der Waals surface area contributed by atoms with E-state index in [1.54, 1.807) is 7.11 Å². The number of hydrogen-bond acceptors (Lipinski definition) is 3. The molecular weight excluding hydrogens is 468 g/mol. The van der Waals surface area contributed by atoms with Crippen LogP contribution in [0, 0.1) is 19.3 Å². The second kappa shape index (κ2) is 13.1. The average Bonchev–Trinajstić information content (AvgIpc) is 2.89. The molecule has 0 spiro atoms. The van der Waals surface area contributed by atoms with Gasteiger partial charge < -0.3 is 5.11 Å². The van der Waals surface area contributed by atoms with Crippen LogP contribution in [0.15, 0.2) is 60.7 Å². The number of aliphatic hydroxyl groups excluding tert-OH is 1. The molecule has 0 aliphatic carbocycles. The van der Waals surface area contributed by atoms with Crippen LogP contribution in [0.4, 0.5) is 0 Å². The summed E-state index contributed by atoms with van der Waals surface area (Å²) in [6, 6.07) is 22.7. The number of benzene rings is 3. The summed E-state index contributed by atoms with van der Waals surface area (Å²) in [5.41, 5.74) is 10.3. The Morgan fingerprint density at radius 2 is 1.47 bits per heavy atom. The summed E-state index contributed by atoms with van der Waals surface area (Å²) in [6.45, 7) is 15.9. The summed E-state index contributed by atoms with van der Waals surface area (Å²) in [4.78, 5) is 9.81. The van der Waals surface area contributed by atoms with E-state index in [1.165, 1.54) is 44.5 Å². The fraction of sp³-hybridized carbons (Fsp3) is 0.486. The molecule has 0 amide bonds. The second-order valence-corrected chi connectivity index (χ2v) is 11.8. The molecule has 3 nitrogen and oxygen atoms in total. The Labute approximate surface area is 231 Å². The molecule has 3 aromatic carbocycles. The molecule has 3 heteroatoms. The van der Waals surface area contributed by atoms with Crippen molar-refractivity contribution in [2.45, 2.75) is 92.1 Å². The first-order valence-electron chi connectivity index (χ1n) is 14.2. The molecule has 0 fully saturated rings. The Hall–Kier alpha value is -2.46. The molecule has 0 saturated heterocycles. The van der Waals surface area contributed by atoms with Gasteiger partial charge in [0.2, 0.25) is 0 Å². The van der Waals surface area contributed by atoms with Crippen molar-refractivity contribution in [3.8, 4) is 11.1 Å². The molecule has 0 aromatic heterocycles. The zero-order valence-electron chi connectivity index (χ0n) is 24.9. The molecule has 0 radical (unpaired) electrons. The first-order valence-corrected chi connectivity index (χ1v) is 14.2. The molecule has 3 aromatic rings. The van der Waals surface area contributed by atoms with Gasteiger partial charge in [-0.05, 0) is 95.9 Å². The predicted octanol–water partition coefficient (Wildman–Crippen LogP) is 8.54. The van der Waals surface area contributed by atoms with Gasteiger partial charge in [0.05, 0.1) is 19.8 Å². The van der Waals surface area contributed by atoms with Crippen molar-refractivity contribution in [2.24, 2.45) is 5.41 Å². The van der Waals surface area contributed by atoms with Crippen LogP contribution < -0.4 is 0 Å². The van der Waals surface area contributed by atoms with E-state index in [9.17, 15) is 5.11 Å². The van der Waals surface area contributed by atoms with Crippen LogP contribution in [0.5, 0.6) is 0 Å². The Morgan fingerprint density at radius 1 is 0.816 bits per heavy atom. The van der Waals surface area contributed by atoms with Crippen molar-refractivity contribution >= 4 is 0 Å². The van der Waals surface area contributed by atoms with E-state index in [-0.39, 0.29) is 16.9 Å². The van der Waals surface area contributed by atoms with Crippen LogP contribution in [0.25, 0.3) is 11.1 Å². The van der Waals surface area contributed by atoms with E-state index in [0.29, 0.717) is 6.61 Å². The Balaban J connectivity index is 1.89. The van der Waals surface area contributed by atoms with E-state index in [2.05, 4.69) is 109 Å². The second-order valence-electron chi connectivity index (χ2n) is 11.8. The maximum Gasteiger partial charge on any atom is 0.0862 e. The largest absolute Gasteiger partial charge is 0.393 e. The van der Waals surface area contributed by atoms with Gasteiger partial charge in [-0.1, -0.05) is 95.3 Å². The minimum absolute atomic E-state index is 0.0309. The van der Waals surface area contributed by atoms with Gasteiger partial charge in [0.1, 0.15) is 0 Å². The van der Waals surface area contributed by atoms with Gasteiger partial charge in [-0.15, -0.1) is 0 Å². The lowest BCUT2D eigenvalue weighted by molar-refractivity contribution is -0.271. The van der Waals surface area contributed by atoms with Crippen LogP contribution in [0.3, 0.4) is 0 Å². The van der Waals surface area contributed by atoms with E-state index in [1.807, 2.05) is 0 Å². The molecule has 0 heterocycles. The first-order chi connectivity index (χ1) is 18.1. The summed E-state index contributed by atoms with van der Waals surface area (Å²) in [6.07, 6.45) is 4.29. The van der Waals surface area contributed by atoms with Crippen LogP contribution >= 0.6 is 0 Å². The molecule has 1 atom stereocenters. The predicted molar refractivity (Wildman–Crippen MR) is 160 cm³/mol. The maximum atomic E-state index is 10.5. The molecule has 0 saturated carbocycles. The summed E-state index contributed by atoms with van der Waals surface area (Å²) in [5, 5.41) is 10.5. The van der Waals surface area contributed by atoms with Crippen molar-refractivity contribution in [3.63, 3.8) is 0 Å². The third kappa shape index (κ3) is 6.94. The summed E-state index contributed by atoms with van der Waals surface area (Å²) in [5.74, 6) is 0. The zero-order chi connectivity index (χ0) is 27.9. The Kier molecular flexibility index (Phi) is 10.3. The normalized spacial score (nSPS) is 13.1. The molecule has 1 N–H and O–H groups in total. The van der Waals surface area contributed by atoms with Gasteiger partial charge >= 0.3 is 0 Å². The minimum Gasteiger partial charge on any atom is -0.393 e. The van der Waals surface area contributed by atoms with E-state index in [0.717, 1.165) is 32.1 Å². The lowest BCUT2D eigenvalue weighted by atomic mass is 9.69. The van der Waals surface area contributed by atoms with Gasteiger partial charge in [0.15, 0.2) is 0 Å². The highest BCUT2D eigenvalue weighted by atomic mass is 17.2. The van der Waals surface area contributed by atoms with Crippen LogP contribution in [0.1, 0.15) is 87.3 Å². The molecule has 0 aliphatic rings. The van der Waals surface area contributed by atoms with Crippen LogP contribution in [-0.4, -0.2) is 24.9 Å². The monoisotopic (exact) mass is 516 g/mol. The lowest BCUT2D eigenvalue weighted by Crippen LogP contribution is -2.27. The van der Waals surface area contributed by atoms with Crippen LogP contribution in [-0.2, 0) is 28.0 Å². The third-order valence-electron chi connectivity index (χ3n) is 8.40. The molecule has 206 valence electrons. The zero-order valence-corrected chi connectivity index (χ0v) is 24.9. The van der Waals surface area contributed by atoms with Crippen molar-refractivity contribution in [3.05, 3.63) is 94.0 Å².